The molecule has 0 aromatic heterocycles. The Labute approximate surface area is 105 Å². The van der Waals surface area contributed by atoms with Gasteiger partial charge in [0.05, 0.1) is 6.10 Å². The quantitative estimate of drug-likeness (QED) is 0.760. The average molecular weight is 233 g/mol. The zero-order valence-corrected chi connectivity index (χ0v) is 11.1. The van der Waals surface area contributed by atoms with Gasteiger partial charge in [-0.25, -0.2) is 0 Å². The standard InChI is InChI=1S/C15H23NO/c1-5-11-16(12(3)4)14-10-8-7-9-13(14)15(17)6-2/h5,7-10,12,15,17H,1,6,11H2,2-4H3. The molecule has 1 rings (SSSR count). The zero-order chi connectivity index (χ0) is 12.8. The molecule has 0 heterocycles. The summed E-state index contributed by atoms with van der Waals surface area (Å²) in [5, 5.41) is 10.1. The second-order valence-electron chi connectivity index (χ2n) is 4.52. The van der Waals surface area contributed by atoms with Crippen molar-refractivity contribution in [2.24, 2.45) is 0 Å². The predicted octanol–water partition coefficient (Wildman–Crippen LogP) is 3.53. The largest absolute Gasteiger partial charge is 0.388 e. The number of anilines is 1. The SMILES string of the molecule is C=CCN(c1ccccc1C(O)CC)C(C)C. The van der Waals surface area contributed by atoms with Crippen LogP contribution in [-0.2, 0) is 0 Å². The van der Waals surface area contributed by atoms with Gasteiger partial charge in [0.2, 0.25) is 0 Å². The highest BCUT2D eigenvalue weighted by Crippen LogP contribution is 2.29. The van der Waals surface area contributed by atoms with Gasteiger partial charge in [-0.1, -0.05) is 31.2 Å². The molecule has 0 aliphatic heterocycles. The lowest BCUT2D eigenvalue weighted by molar-refractivity contribution is 0.174. The fourth-order valence-electron chi connectivity index (χ4n) is 1.98. The highest BCUT2D eigenvalue weighted by atomic mass is 16.3. The van der Waals surface area contributed by atoms with E-state index in [0.717, 1.165) is 24.2 Å². The molecule has 1 atom stereocenters. The minimum absolute atomic E-state index is 0.387. The van der Waals surface area contributed by atoms with Gasteiger partial charge >= 0.3 is 0 Å². The molecule has 0 bridgehead atoms. The molecule has 17 heavy (non-hydrogen) atoms. The van der Waals surface area contributed by atoms with Crippen molar-refractivity contribution in [3.63, 3.8) is 0 Å². The number of rotatable bonds is 6. The maximum absolute atomic E-state index is 10.1. The smallest absolute Gasteiger partial charge is 0.0807 e. The van der Waals surface area contributed by atoms with Gasteiger partial charge < -0.3 is 10.0 Å². The van der Waals surface area contributed by atoms with Crippen molar-refractivity contribution in [3.05, 3.63) is 42.5 Å². The van der Waals surface area contributed by atoms with Crippen LogP contribution in [0.4, 0.5) is 5.69 Å². The van der Waals surface area contributed by atoms with E-state index in [-0.39, 0.29) is 0 Å². The van der Waals surface area contributed by atoms with Crippen LogP contribution in [-0.4, -0.2) is 17.7 Å². The number of aliphatic hydroxyl groups is 1. The van der Waals surface area contributed by atoms with E-state index < -0.39 is 6.10 Å². The Bertz CT molecular complexity index is 360. The molecule has 94 valence electrons. The Morgan fingerprint density at radius 1 is 1.35 bits per heavy atom. The Balaban J connectivity index is 3.13. The van der Waals surface area contributed by atoms with Crippen molar-refractivity contribution in [2.45, 2.75) is 39.3 Å². The van der Waals surface area contributed by atoms with Crippen LogP contribution in [0.5, 0.6) is 0 Å². The third kappa shape index (κ3) is 3.34. The van der Waals surface area contributed by atoms with Gasteiger partial charge in [-0.15, -0.1) is 6.58 Å². The van der Waals surface area contributed by atoms with Crippen LogP contribution in [0.2, 0.25) is 0 Å². The average Bonchev–Trinajstić information content (AvgIpc) is 2.34. The summed E-state index contributed by atoms with van der Waals surface area (Å²) >= 11 is 0. The van der Waals surface area contributed by atoms with Crippen molar-refractivity contribution in [2.75, 3.05) is 11.4 Å². The molecular weight excluding hydrogens is 210 g/mol. The summed E-state index contributed by atoms with van der Waals surface area (Å²) < 4.78 is 0. The summed E-state index contributed by atoms with van der Waals surface area (Å²) in [7, 11) is 0. The summed E-state index contributed by atoms with van der Waals surface area (Å²) in [5.74, 6) is 0. The molecule has 0 amide bonds. The van der Waals surface area contributed by atoms with Crippen molar-refractivity contribution in [1.82, 2.24) is 0 Å². The Kier molecular flexibility index (Phi) is 5.23. The Morgan fingerprint density at radius 2 is 2.00 bits per heavy atom. The van der Waals surface area contributed by atoms with Crippen molar-refractivity contribution < 1.29 is 5.11 Å². The van der Waals surface area contributed by atoms with Gasteiger partial charge in [0.15, 0.2) is 0 Å². The Hall–Kier alpha value is -1.28. The molecule has 2 heteroatoms. The van der Waals surface area contributed by atoms with Gasteiger partial charge in [0.25, 0.3) is 0 Å². The number of nitrogens with zero attached hydrogens (tertiary/aromatic N) is 1. The van der Waals surface area contributed by atoms with Crippen LogP contribution in [0.25, 0.3) is 0 Å². The van der Waals surface area contributed by atoms with Crippen LogP contribution in [0.3, 0.4) is 0 Å². The molecule has 0 aliphatic rings. The molecule has 0 saturated heterocycles. The normalized spacial score (nSPS) is 12.5. The molecule has 0 fully saturated rings. The third-order valence-electron chi connectivity index (χ3n) is 2.94. The predicted molar refractivity (Wildman–Crippen MR) is 74.4 cm³/mol. The van der Waals surface area contributed by atoms with Crippen LogP contribution < -0.4 is 4.90 Å². The Morgan fingerprint density at radius 3 is 2.53 bits per heavy atom. The lowest BCUT2D eigenvalue weighted by Gasteiger charge is -2.30. The van der Waals surface area contributed by atoms with Crippen LogP contribution in [0.1, 0.15) is 38.9 Å². The molecule has 1 aromatic carbocycles. The van der Waals surface area contributed by atoms with E-state index in [2.05, 4.69) is 31.4 Å². The second-order valence-corrected chi connectivity index (χ2v) is 4.52. The number of aliphatic hydroxyl groups excluding tert-OH is 1. The number of hydrogen-bond donors (Lipinski definition) is 1. The van der Waals surface area contributed by atoms with Crippen molar-refractivity contribution in [3.8, 4) is 0 Å². The third-order valence-corrected chi connectivity index (χ3v) is 2.94. The van der Waals surface area contributed by atoms with Gasteiger partial charge in [0, 0.05) is 23.8 Å². The number of hydrogen-bond acceptors (Lipinski definition) is 2. The molecular formula is C15H23NO. The van der Waals surface area contributed by atoms with Crippen LogP contribution in [0.15, 0.2) is 36.9 Å². The highest BCUT2D eigenvalue weighted by Gasteiger charge is 2.16. The lowest BCUT2D eigenvalue weighted by Crippen LogP contribution is -2.31. The molecule has 1 N–H and O–H groups in total. The molecule has 0 radical (unpaired) electrons. The van der Waals surface area contributed by atoms with Gasteiger partial charge in [-0.05, 0) is 26.3 Å². The fraction of sp³-hybridized carbons (Fsp3) is 0.467. The molecule has 0 aliphatic carbocycles. The minimum atomic E-state index is -0.391. The van der Waals surface area contributed by atoms with Gasteiger partial charge in [-0.2, -0.15) is 0 Å². The monoisotopic (exact) mass is 233 g/mol. The molecule has 0 saturated carbocycles. The summed E-state index contributed by atoms with van der Waals surface area (Å²) in [5.41, 5.74) is 2.11. The van der Waals surface area contributed by atoms with E-state index in [1.807, 2.05) is 31.2 Å². The first-order chi connectivity index (χ1) is 8.11. The minimum Gasteiger partial charge on any atom is -0.388 e. The molecule has 2 nitrogen and oxygen atoms in total. The summed E-state index contributed by atoms with van der Waals surface area (Å²) in [4.78, 5) is 2.25. The van der Waals surface area contributed by atoms with Gasteiger partial charge in [-0.3, -0.25) is 0 Å². The lowest BCUT2D eigenvalue weighted by atomic mass is 10.0. The highest BCUT2D eigenvalue weighted by molar-refractivity contribution is 5.55. The summed E-state index contributed by atoms with van der Waals surface area (Å²) in [6.45, 7) is 10.9. The first-order valence-corrected chi connectivity index (χ1v) is 6.26. The van der Waals surface area contributed by atoms with Crippen LogP contribution >= 0.6 is 0 Å². The van der Waals surface area contributed by atoms with E-state index in [0.29, 0.717) is 6.04 Å². The number of para-hydroxylation sites is 1. The maximum Gasteiger partial charge on any atom is 0.0807 e. The number of benzene rings is 1. The second kappa shape index (κ2) is 6.45. The first-order valence-electron chi connectivity index (χ1n) is 6.26. The topological polar surface area (TPSA) is 23.5 Å². The summed E-state index contributed by atoms with van der Waals surface area (Å²) in [6, 6.07) is 8.45. The van der Waals surface area contributed by atoms with E-state index in [9.17, 15) is 5.11 Å². The molecule has 0 spiro atoms. The van der Waals surface area contributed by atoms with E-state index >= 15 is 0 Å². The molecule has 1 unspecified atom stereocenters. The zero-order valence-electron chi connectivity index (χ0n) is 11.1. The van der Waals surface area contributed by atoms with E-state index in [1.165, 1.54) is 0 Å². The first kappa shape index (κ1) is 13.8. The van der Waals surface area contributed by atoms with E-state index in [1.54, 1.807) is 0 Å². The molecule has 1 aromatic rings. The van der Waals surface area contributed by atoms with Crippen molar-refractivity contribution in [1.29, 1.82) is 0 Å². The summed E-state index contributed by atoms with van der Waals surface area (Å²) in [6.07, 6.45) is 2.24. The fourth-order valence-corrected chi connectivity index (χ4v) is 1.98. The van der Waals surface area contributed by atoms with Gasteiger partial charge in [0.1, 0.15) is 0 Å². The van der Waals surface area contributed by atoms with Crippen molar-refractivity contribution >= 4 is 5.69 Å². The van der Waals surface area contributed by atoms with E-state index in [4.69, 9.17) is 0 Å². The maximum atomic E-state index is 10.1. The van der Waals surface area contributed by atoms with Crippen LogP contribution in [0, 0.1) is 0 Å².